The van der Waals surface area contributed by atoms with Crippen molar-refractivity contribution < 1.29 is 23.5 Å². The first kappa shape index (κ1) is 16.4. The SMILES string of the molecule is CC(C)(C)OC(=O)N[C@]1(c2ccccc2F)COC[C@@H]1C=O. The van der Waals surface area contributed by atoms with Gasteiger partial charge >= 0.3 is 6.09 Å². The maximum Gasteiger partial charge on any atom is 0.408 e. The molecule has 0 bridgehead atoms. The molecule has 1 aromatic carbocycles. The summed E-state index contributed by atoms with van der Waals surface area (Å²) in [6.07, 6.45) is -0.0373. The van der Waals surface area contributed by atoms with Crippen LogP contribution in [0.3, 0.4) is 0 Å². The fourth-order valence-corrected chi connectivity index (χ4v) is 2.53. The lowest BCUT2D eigenvalue weighted by molar-refractivity contribution is -0.112. The number of ether oxygens (including phenoxy) is 2. The van der Waals surface area contributed by atoms with Crippen LogP contribution < -0.4 is 5.32 Å². The summed E-state index contributed by atoms with van der Waals surface area (Å²) >= 11 is 0. The van der Waals surface area contributed by atoms with Crippen LogP contribution in [0.5, 0.6) is 0 Å². The minimum atomic E-state index is -1.25. The summed E-state index contributed by atoms with van der Waals surface area (Å²) in [4.78, 5) is 23.5. The molecular weight excluding hydrogens is 289 g/mol. The Hall–Kier alpha value is -1.95. The molecule has 120 valence electrons. The number of benzene rings is 1. The first-order valence-corrected chi connectivity index (χ1v) is 7.08. The Morgan fingerprint density at radius 3 is 2.73 bits per heavy atom. The molecule has 5 nitrogen and oxygen atoms in total. The number of hydrogen-bond acceptors (Lipinski definition) is 4. The van der Waals surface area contributed by atoms with Crippen molar-refractivity contribution in [2.75, 3.05) is 13.2 Å². The van der Waals surface area contributed by atoms with Crippen LogP contribution >= 0.6 is 0 Å². The van der Waals surface area contributed by atoms with E-state index in [0.717, 1.165) is 0 Å². The summed E-state index contributed by atoms with van der Waals surface area (Å²) in [5, 5.41) is 2.65. The number of nitrogens with one attached hydrogen (secondary N) is 1. The molecule has 1 fully saturated rings. The van der Waals surface area contributed by atoms with Gasteiger partial charge in [-0.3, -0.25) is 0 Å². The number of rotatable bonds is 3. The lowest BCUT2D eigenvalue weighted by Crippen LogP contribution is -2.53. The molecule has 1 aliphatic heterocycles. The van der Waals surface area contributed by atoms with Crippen molar-refractivity contribution in [2.45, 2.75) is 31.9 Å². The molecule has 1 amide bonds. The highest BCUT2D eigenvalue weighted by atomic mass is 19.1. The summed E-state index contributed by atoms with van der Waals surface area (Å²) in [5.41, 5.74) is -1.73. The number of carbonyl (C=O) groups excluding carboxylic acids is 2. The van der Waals surface area contributed by atoms with Gasteiger partial charge in [-0.05, 0) is 26.8 Å². The molecule has 0 saturated carbocycles. The molecule has 0 radical (unpaired) electrons. The van der Waals surface area contributed by atoms with Crippen LogP contribution in [0.1, 0.15) is 26.3 Å². The number of aldehydes is 1. The van der Waals surface area contributed by atoms with Crippen molar-refractivity contribution in [1.82, 2.24) is 5.32 Å². The first-order chi connectivity index (χ1) is 10.3. The molecule has 1 aliphatic rings. The molecule has 1 heterocycles. The van der Waals surface area contributed by atoms with E-state index in [1.807, 2.05) is 0 Å². The quantitative estimate of drug-likeness (QED) is 0.871. The van der Waals surface area contributed by atoms with Gasteiger partial charge in [-0.2, -0.15) is 0 Å². The topological polar surface area (TPSA) is 64.6 Å². The predicted molar refractivity (Wildman–Crippen MR) is 77.8 cm³/mol. The van der Waals surface area contributed by atoms with Crippen molar-refractivity contribution in [1.29, 1.82) is 0 Å². The molecule has 0 aromatic heterocycles. The normalized spacial score (nSPS) is 24.8. The van der Waals surface area contributed by atoms with Gasteiger partial charge in [-0.15, -0.1) is 0 Å². The molecule has 22 heavy (non-hydrogen) atoms. The van der Waals surface area contributed by atoms with Crippen LogP contribution in [0.4, 0.5) is 9.18 Å². The van der Waals surface area contributed by atoms with Gasteiger partial charge in [0.25, 0.3) is 0 Å². The van der Waals surface area contributed by atoms with Gasteiger partial charge < -0.3 is 19.6 Å². The second-order valence-electron chi connectivity index (χ2n) is 6.34. The Morgan fingerprint density at radius 2 is 2.14 bits per heavy atom. The minimum absolute atomic E-state index is 0.0105. The van der Waals surface area contributed by atoms with E-state index in [1.165, 1.54) is 12.1 Å². The Morgan fingerprint density at radius 1 is 1.45 bits per heavy atom. The smallest absolute Gasteiger partial charge is 0.408 e. The number of alkyl carbamates (subject to hydrolysis) is 1. The molecule has 1 N–H and O–H groups in total. The lowest BCUT2D eigenvalue weighted by atomic mass is 9.81. The van der Waals surface area contributed by atoms with Gasteiger partial charge in [0, 0.05) is 5.56 Å². The standard InChI is InChI=1S/C16H20FNO4/c1-15(2,3)22-14(20)18-16(10-21-9-11(16)8-19)12-6-4-5-7-13(12)17/h4-8,11H,9-10H2,1-3H3,(H,18,20)/t11-,16+/m0/s1. The Kier molecular flexibility index (Phi) is 4.51. The average Bonchev–Trinajstić information content (AvgIpc) is 2.80. The zero-order valence-corrected chi connectivity index (χ0v) is 12.9. The molecule has 1 aromatic rings. The number of hydrogen-bond donors (Lipinski definition) is 1. The number of carbonyl (C=O) groups is 2. The molecule has 0 spiro atoms. The third kappa shape index (κ3) is 3.27. The predicted octanol–water partition coefficient (Wildman–Crippen LogP) is 2.39. The first-order valence-electron chi connectivity index (χ1n) is 7.08. The molecule has 2 atom stereocenters. The van der Waals surface area contributed by atoms with E-state index in [2.05, 4.69) is 5.32 Å². The van der Waals surface area contributed by atoms with E-state index >= 15 is 0 Å². The van der Waals surface area contributed by atoms with Crippen molar-refractivity contribution in [3.63, 3.8) is 0 Å². The van der Waals surface area contributed by atoms with Crippen LogP contribution in [-0.4, -0.2) is 31.2 Å². The zero-order valence-electron chi connectivity index (χ0n) is 12.9. The highest BCUT2D eigenvalue weighted by Gasteiger charge is 2.49. The van der Waals surface area contributed by atoms with Gasteiger partial charge in [0.05, 0.1) is 19.1 Å². The van der Waals surface area contributed by atoms with E-state index in [9.17, 15) is 14.0 Å². The third-order valence-corrected chi connectivity index (χ3v) is 3.50. The van der Waals surface area contributed by atoms with E-state index in [4.69, 9.17) is 9.47 Å². The van der Waals surface area contributed by atoms with Crippen molar-refractivity contribution >= 4 is 12.4 Å². The molecule has 2 rings (SSSR count). The van der Waals surface area contributed by atoms with Crippen LogP contribution in [0.2, 0.25) is 0 Å². The molecule has 1 saturated heterocycles. The number of halogens is 1. The molecular formula is C16H20FNO4. The van der Waals surface area contributed by atoms with Crippen LogP contribution in [0.25, 0.3) is 0 Å². The van der Waals surface area contributed by atoms with E-state index < -0.39 is 29.0 Å². The summed E-state index contributed by atoms with van der Waals surface area (Å²) in [6.45, 7) is 5.31. The summed E-state index contributed by atoms with van der Waals surface area (Å²) in [5.74, 6) is -1.19. The highest BCUT2D eigenvalue weighted by Crippen LogP contribution is 2.36. The monoisotopic (exact) mass is 309 g/mol. The average molecular weight is 309 g/mol. The molecule has 6 heteroatoms. The van der Waals surface area contributed by atoms with Gasteiger partial charge in [-0.1, -0.05) is 18.2 Å². The van der Waals surface area contributed by atoms with E-state index in [-0.39, 0.29) is 18.8 Å². The Balaban J connectivity index is 2.38. The molecule has 0 aliphatic carbocycles. The maximum atomic E-state index is 14.2. The second kappa shape index (κ2) is 6.04. The Labute approximate surface area is 128 Å². The van der Waals surface area contributed by atoms with Crippen molar-refractivity contribution in [3.05, 3.63) is 35.6 Å². The van der Waals surface area contributed by atoms with E-state index in [0.29, 0.717) is 6.29 Å². The fourth-order valence-electron chi connectivity index (χ4n) is 2.53. The second-order valence-corrected chi connectivity index (χ2v) is 6.34. The van der Waals surface area contributed by atoms with Crippen molar-refractivity contribution in [3.8, 4) is 0 Å². The van der Waals surface area contributed by atoms with Crippen LogP contribution in [-0.2, 0) is 19.8 Å². The maximum absolute atomic E-state index is 14.2. The Bertz CT molecular complexity index is 570. The number of amides is 1. The van der Waals surface area contributed by atoms with Gasteiger partial charge in [-0.25, -0.2) is 9.18 Å². The largest absolute Gasteiger partial charge is 0.444 e. The van der Waals surface area contributed by atoms with E-state index in [1.54, 1.807) is 32.9 Å². The van der Waals surface area contributed by atoms with Gasteiger partial charge in [0.15, 0.2) is 0 Å². The third-order valence-electron chi connectivity index (χ3n) is 3.50. The van der Waals surface area contributed by atoms with Crippen LogP contribution in [0, 0.1) is 11.7 Å². The zero-order chi connectivity index (χ0) is 16.4. The summed E-state index contributed by atoms with van der Waals surface area (Å²) < 4.78 is 24.8. The van der Waals surface area contributed by atoms with Gasteiger partial charge in [0.2, 0.25) is 0 Å². The van der Waals surface area contributed by atoms with Crippen molar-refractivity contribution in [2.24, 2.45) is 5.92 Å². The summed E-state index contributed by atoms with van der Waals surface area (Å²) in [7, 11) is 0. The molecule has 0 unspecified atom stereocenters. The lowest BCUT2D eigenvalue weighted by Gasteiger charge is -2.34. The summed E-state index contributed by atoms with van der Waals surface area (Å²) in [6, 6.07) is 6.02. The van der Waals surface area contributed by atoms with Gasteiger partial charge in [0.1, 0.15) is 23.2 Å². The minimum Gasteiger partial charge on any atom is -0.444 e. The fraction of sp³-hybridized carbons (Fsp3) is 0.500. The van der Waals surface area contributed by atoms with Crippen LogP contribution in [0.15, 0.2) is 24.3 Å². The highest BCUT2D eigenvalue weighted by molar-refractivity contribution is 5.71.